The molecule has 10 heteroatoms. The second-order valence-corrected chi connectivity index (χ2v) is 12.3. The van der Waals surface area contributed by atoms with Crippen LogP contribution < -0.4 is 0 Å². The van der Waals surface area contributed by atoms with Crippen LogP contribution in [0.3, 0.4) is 0 Å². The van der Waals surface area contributed by atoms with E-state index in [1.54, 1.807) is 11.8 Å². The molecule has 0 saturated carbocycles. The van der Waals surface area contributed by atoms with Gasteiger partial charge in [-0.15, -0.1) is 31.1 Å². The molecule has 0 fully saturated rings. The van der Waals surface area contributed by atoms with E-state index in [1.807, 2.05) is 0 Å². The summed E-state index contributed by atoms with van der Waals surface area (Å²) < 4.78 is 115. The van der Waals surface area contributed by atoms with Gasteiger partial charge in [-0.3, -0.25) is 0 Å². The molecule has 0 saturated heterocycles. The van der Waals surface area contributed by atoms with Crippen LogP contribution in [0, 0.1) is 22.3 Å². The fourth-order valence-corrected chi connectivity index (χ4v) is 4.59. The van der Waals surface area contributed by atoms with E-state index in [9.17, 15) is 31.1 Å². The number of hydrogen-bond acceptors (Lipinski definition) is 0. The van der Waals surface area contributed by atoms with E-state index in [1.165, 1.54) is 62.4 Å². The Balaban J connectivity index is 2.59. The molecule has 0 amide bonds. The molecular formula is C22H18F8S2. The van der Waals surface area contributed by atoms with Crippen LogP contribution in [0.2, 0.25) is 0 Å². The highest BCUT2D eigenvalue weighted by atomic mass is 32.5. The number of benzene rings is 2. The van der Waals surface area contributed by atoms with Gasteiger partial charge in [-0.2, -0.15) is 0 Å². The topological polar surface area (TPSA) is 0 Å². The van der Waals surface area contributed by atoms with Crippen LogP contribution in [0.5, 0.6) is 0 Å². The molecule has 0 unspecified atom stereocenters. The Hall–Kier alpha value is -2.82. The molecule has 0 spiro atoms. The molecule has 2 aromatic carbocycles. The van der Waals surface area contributed by atoms with Crippen molar-refractivity contribution in [1.82, 2.24) is 0 Å². The van der Waals surface area contributed by atoms with E-state index in [4.69, 9.17) is 0 Å². The van der Waals surface area contributed by atoms with E-state index in [0.29, 0.717) is 10.5 Å². The summed E-state index contributed by atoms with van der Waals surface area (Å²) in [5.74, 6) is 3.31. The van der Waals surface area contributed by atoms with Gasteiger partial charge in [-0.1, -0.05) is 36.4 Å². The predicted octanol–water partition coefficient (Wildman–Crippen LogP) is 9.72. The Labute approximate surface area is 180 Å². The van der Waals surface area contributed by atoms with Gasteiger partial charge >= 0.3 is 0 Å². The van der Waals surface area contributed by atoms with Gasteiger partial charge in [0.15, 0.2) is 0 Å². The lowest BCUT2D eigenvalue weighted by Crippen LogP contribution is -2.14. The fourth-order valence-electron chi connectivity index (χ4n) is 2.34. The third kappa shape index (κ3) is 5.90. The maximum absolute atomic E-state index is 14.4. The van der Waals surface area contributed by atoms with E-state index in [2.05, 4.69) is 0 Å². The second-order valence-electron chi connectivity index (χ2n) is 6.67. The highest BCUT2D eigenvalue weighted by Gasteiger charge is 2.66. The van der Waals surface area contributed by atoms with Crippen molar-refractivity contribution in [3.63, 3.8) is 0 Å². The molecule has 0 N–H and O–H groups in total. The molecule has 32 heavy (non-hydrogen) atoms. The van der Waals surface area contributed by atoms with E-state index in [0.717, 1.165) is 0 Å². The Morgan fingerprint density at radius 3 is 1.59 bits per heavy atom. The average molecular weight is 499 g/mol. The monoisotopic (exact) mass is 498 g/mol. The second kappa shape index (κ2) is 6.84. The molecule has 0 atom stereocenters. The maximum Gasteiger partial charge on any atom is 0.240 e. The van der Waals surface area contributed by atoms with Crippen LogP contribution in [0.25, 0.3) is 0 Å². The van der Waals surface area contributed by atoms with Crippen molar-refractivity contribution in [3.8, 4) is 22.3 Å². The molecule has 0 aliphatic rings. The van der Waals surface area contributed by atoms with Gasteiger partial charge in [0, 0.05) is 21.6 Å². The zero-order valence-electron chi connectivity index (χ0n) is 16.8. The van der Waals surface area contributed by atoms with Crippen LogP contribution in [0.1, 0.15) is 19.4 Å². The first-order valence-corrected chi connectivity index (χ1v) is 13.0. The smallest absolute Gasteiger partial charge is 0.110 e. The van der Waals surface area contributed by atoms with Crippen molar-refractivity contribution in [3.05, 3.63) is 84.0 Å². The Kier molecular flexibility index (Phi) is 5.44. The van der Waals surface area contributed by atoms with Crippen molar-refractivity contribution >= 4 is 19.7 Å². The predicted molar refractivity (Wildman–Crippen MR) is 117 cm³/mol. The molecular weight excluding hydrogens is 480 g/mol. The van der Waals surface area contributed by atoms with Crippen molar-refractivity contribution in [2.24, 2.45) is 0 Å². The van der Waals surface area contributed by atoms with Gasteiger partial charge < -0.3 is 0 Å². The number of hydrogen-bond donors (Lipinski definition) is 0. The largest absolute Gasteiger partial charge is 0.240 e. The normalized spacial score (nSPS) is 17.0. The number of allylic oxidation sites excluding steroid dienone is 4. The molecule has 0 nitrogen and oxygen atoms in total. The lowest BCUT2D eigenvalue weighted by Gasteiger charge is -2.46. The molecule has 0 aliphatic carbocycles. The summed E-state index contributed by atoms with van der Waals surface area (Å²) in [4.78, 5) is -4.05. The first kappa shape index (κ1) is 25.4. The van der Waals surface area contributed by atoms with Gasteiger partial charge in [-0.25, -0.2) is 0 Å². The van der Waals surface area contributed by atoms with Gasteiger partial charge in [0.2, 0.25) is 19.7 Å². The molecule has 174 valence electrons. The van der Waals surface area contributed by atoms with Crippen LogP contribution >= 0.6 is 19.7 Å². The molecule has 2 rings (SSSR count). The van der Waals surface area contributed by atoms with Gasteiger partial charge in [0.25, 0.3) is 0 Å². The SMILES string of the molecule is CC=CC(C#CS(F)(F)(F)(F)c1ccc(S(F)(F)(F)(F)C#Cc2ccccc2)cc1)=CC. The van der Waals surface area contributed by atoms with Crippen LogP contribution in [-0.2, 0) is 0 Å². The van der Waals surface area contributed by atoms with Crippen molar-refractivity contribution in [2.75, 3.05) is 0 Å². The van der Waals surface area contributed by atoms with Crippen molar-refractivity contribution in [2.45, 2.75) is 23.6 Å². The summed E-state index contributed by atoms with van der Waals surface area (Å²) in [6.07, 6.45) is 3.80. The highest BCUT2D eigenvalue weighted by molar-refractivity contribution is 8.53. The average Bonchev–Trinajstić information content (AvgIpc) is 2.70. The first-order valence-electron chi connectivity index (χ1n) is 8.85. The third-order valence-electron chi connectivity index (χ3n) is 4.00. The number of rotatable bonds is 3. The molecule has 0 bridgehead atoms. The fraction of sp³-hybridized carbons (Fsp3) is 0.0909. The number of halogens is 8. The standard InChI is InChI=1S/C22H18F8S2/c1-3-8-19(4-2)15-17-31(23,24,25,26)21-11-13-22(14-12-21)32(27,28,29,30)18-16-20-9-6-5-7-10-20/h3-14H,1-2H3. The molecule has 0 radical (unpaired) electrons. The quantitative estimate of drug-likeness (QED) is 0.224. The van der Waals surface area contributed by atoms with E-state index >= 15 is 0 Å². The van der Waals surface area contributed by atoms with Crippen molar-refractivity contribution < 1.29 is 31.1 Å². The van der Waals surface area contributed by atoms with Crippen molar-refractivity contribution in [1.29, 1.82) is 0 Å². The summed E-state index contributed by atoms with van der Waals surface area (Å²) in [7, 11) is -18.6. The molecule has 2 aromatic rings. The summed E-state index contributed by atoms with van der Waals surface area (Å²) in [6, 6.07) is 6.03. The molecule has 0 aliphatic heterocycles. The summed E-state index contributed by atoms with van der Waals surface area (Å²) in [5, 5.41) is 1.35. The molecule has 0 aromatic heterocycles. The summed E-state index contributed by atoms with van der Waals surface area (Å²) >= 11 is 0. The Morgan fingerprint density at radius 2 is 1.16 bits per heavy atom. The lowest BCUT2D eigenvalue weighted by atomic mass is 10.2. The van der Waals surface area contributed by atoms with Crippen LogP contribution in [-0.4, -0.2) is 0 Å². The highest BCUT2D eigenvalue weighted by Crippen LogP contribution is 3.02. The van der Waals surface area contributed by atoms with Gasteiger partial charge in [-0.05, 0) is 62.1 Å². The van der Waals surface area contributed by atoms with E-state index < -0.39 is 29.5 Å². The molecule has 0 heterocycles. The zero-order valence-corrected chi connectivity index (χ0v) is 18.4. The zero-order chi connectivity index (χ0) is 24.4. The van der Waals surface area contributed by atoms with Gasteiger partial charge in [0.05, 0.1) is 9.79 Å². The Morgan fingerprint density at radius 1 is 0.688 bits per heavy atom. The first-order chi connectivity index (χ1) is 14.3. The minimum atomic E-state index is -9.28. The minimum Gasteiger partial charge on any atom is -0.110 e. The summed E-state index contributed by atoms with van der Waals surface area (Å²) in [6.45, 7) is 2.90. The summed E-state index contributed by atoms with van der Waals surface area (Å²) in [5.41, 5.74) is -0.279. The van der Waals surface area contributed by atoms with Gasteiger partial charge in [0.1, 0.15) is 0 Å². The Bertz CT molecular complexity index is 1230. The van der Waals surface area contributed by atoms with E-state index in [-0.39, 0.29) is 35.4 Å². The minimum absolute atomic E-state index is 0.140. The third-order valence-corrected chi connectivity index (χ3v) is 7.47. The maximum atomic E-state index is 14.4. The lowest BCUT2D eigenvalue weighted by molar-refractivity contribution is 0.462. The van der Waals surface area contributed by atoms with Crippen LogP contribution in [0.15, 0.2) is 88.2 Å². The van der Waals surface area contributed by atoms with Crippen LogP contribution in [0.4, 0.5) is 31.1 Å².